The number of fused-ring (bicyclic) bond motifs is 1. The van der Waals surface area contributed by atoms with Crippen LogP contribution in [0.2, 0.25) is 0 Å². The van der Waals surface area contributed by atoms with Crippen LogP contribution in [0.4, 0.5) is 10.1 Å². The number of aromatic nitrogens is 1. The smallest absolute Gasteiger partial charge is 0.326 e. The molecule has 1 atom stereocenters. The van der Waals surface area contributed by atoms with Gasteiger partial charge < -0.3 is 29.2 Å². The molecule has 0 radical (unpaired) electrons. The van der Waals surface area contributed by atoms with Crippen LogP contribution in [0.1, 0.15) is 41.7 Å². The Kier molecular flexibility index (Phi) is 7.33. The van der Waals surface area contributed by atoms with E-state index in [1.807, 2.05) is 11.8 Å². The zero-order valence-corrected chi connectivity index (χ0v) is 20.9. The molecule has 1 aromatic carbocycles. The molecule has 0 unspecified atom stereocenters. The van der Waals surface area contributed by atoms with E-state index in [9.17, 15) is 24.3 Å². The van der Waals surface area contributed by atoms with Gasteiger partial charge in [-0.25, -0.2) is 9.18 Å². The first-order valence-corrected chi connectivity index (χ1v) is 12.1. The maximum atomic E-state index is 15.3. The number of carboxylic acids is 1. The van der Waals surface area contributed by atoms with Gasteiger partial charge in [0.1, 0.15) is 17.4 Å². The molecule has 2 aromatic heterocycles. The van der Waals surface area contributed by atoms with Crippen LogP contribution in [0, 0.1) is 11.7 Å². The molecular formula is C26H29FN4O6. The molecule has 0 bridgehead atoms. The predicted octanol–water partition coefficient (Wildman–Crippen LogP) is 2.55. The van der Waals surface area contributed by atoms with Gasteiger partial charge in [-0.1, -0.05) is 13.8 Å². The number of nitrogens with zero attached hydrogens (tertiary/aromatic N) is 3. The lowest BCUT2D eigenvalue weighted by atomic mass is 10.0. The minimum Gasteiger partial charge on any atom is -0.480 e. The van der Waals surface area contributed by atoms with Gasteiger partial charge in [0.2, 0.25) is 5.43 Å². The van der Waals surface area contributed by atoms with E-state index in [-0.39, 0.29) is 22.6 Å². The molecule has 0 aliphatic carbocycles. The van der Waals surface area contributed by atoms with Crippen molar-refractivity contribution in [2.24, 2.45) is 5.92 Å². The molecule has 1 fully saturated rings. The van der Waals surface area contributed by atoms with Gasteiger partial charge in [0, 0.05) is 44.3 Å². The van der Waals surface area contributed by atoms with E-state index in [2.05, 4.69) is 5.32 Å². The topological polar surface area (TPSA) is 125 Å². The summed E-state index contributed by atoms with van der Waals surface area (Å²) in [5.41, 5.74) is -0.182. The van der Waals surface area contributed by atoms with Crippen molar-refractivity contribution in [2.45, 2.75) is 33.4 Å². The molecule has 196 valence electrons. The second-order valence-electron chi connectivity index (χ2n) is 9.27. The molecule has 10 nitrogen and oxygen atoms in total. The van der Waals surface area contributed by atoms with Crippen LogP contribution in [0.5, 0.6) is 0 Å². The van der Waals surface area contributed by atoms with Crippen molar-refractivity contribution in [3.05, 3.63) is 64.1 Å². The number of pyridine rings is 1. The zero-order valence-electron chi connectivity index (χ0n) is 20.9. The number of carbonyl (C=O) groups is 3. The first kappa shape index (κ1) is 25.9. The van der Waals surface area contributed by atoms with Crippen molar-refractivity contribution in [1.29, 1.82) is 0 Å². The Hall–Kier alpha value is -4.15. The molecule has 11 heteroatoms. The third kappa shape index (κ3) is 5.07. The Balaban J connectivity index is 1.62. The number of carbonyl (C=O) groups excluding carboxylic acids is 2. The predicted molar refractivity (Wildman–Crippen MR) is 134 cm³/mol. The Bertz CT molecular complexity index is 1390. The standard InChI is InChI=1S/C26H29FN4O6/c1-4-29-14-17(24(33)28-22(15(2)3)26(35)36)23(32)16-12-18(27)20(13-19(16)29)30-7-9-31(10-8-30)25(34)21-6-5-11-37-21/h5-6,11-15,22H,4,7-10H2,1-3H3,(H,28,33)(H,35,36)/t22-/m1/s1. The summed E-state index contributed by atoms with van der Waals surface area (Å²) in [4.78, 5) is 53.5. The van der Waals surface area contributed by atoms with E-state index < -0.39 is 35.1 Å². The minimum atomic E-state index is -1.21. The van der Waals surface area contributed by atoms with Crippen molar-refractivity contribution in [1.82, 2.24) is 14.8 Å². The fourth-order valence-corrected chi connectivity index (χ4v) is 4.50. The van der Waals surface area contributed by atoms with Crippen molar-refractivity contribution in [3.63, 3.8) is 0 Å². The van der Waals surface area contributed by atoms with Crippen molar-refractivity contribution >= 4 is 34.4 Å². The molecule has 3 aromatic rings. The first-order valence-electron chi connectivity index (χ1n) is 12.1. The van der Waals surface area contributed by atoms with Crippen LogP contribution in [-0.2, 0) is 11.3 Å². The van der Waals surface area contributed by atoms with E-state index in [0.717, 1.165) is 6.07 Å². The highest BCUT2D eigenvalue weighted by atomic mass is 19.1. The number of halogens is 1. The Morgan fingerprint density at radius 1 is 1.16 bits per heavy atom. The highest BCUT2D eigenvalue weighted by Crippen LogP contribution is 2.27. The van der Waals surface area contributed by atoms with Gasteiger partial charge in [-0.2, -0.15) is 0 Å². The zero-order chi connectivity index (χ0) is 26.9. The Labute approximate surface area is 212 Å². The number of piperazine rings is 1. The molecule has 4 rings (SSSR count). The number of aryl methyl sites for hydroxylation is 1. The molecule has 0 spiro atoms. The van der Waals surface area contributed by atoms with Crippen LogP contribution in [0.15, 0.2) is 45.9 Å². The molecular weight excluding hydrogens is 483 g/mol. The molecule has 1 saturated heterocycles. The number of furan rings is 1. The Morgan fingerprint density at radius 2 is 1.86 bits per heavy atom. The largest absolute Gasteiger partial charge is 0.480 e. The average Bonchev–Trinajstić information content (AvgIpc) is 3.42. The fourth-order valence-electron chi connectivity index (χ4n) is 4.50. The molecule has 2 N–H and O–H groups in total. The number of anilines is 1. The SMILES string of the molecule is CCn1cc(C(=O)N[C@@H](C(=O)O)C(C)C)c(=O)c2cc(F)c(N3CCN(C(=O)c4ccco4)CC3)cc21. The van der Waals surface area contributed by atoms with Crippen LogP contribution in [-0.4, -0.2) is 64.6 Å². The summed E-state index contributed by atoms with van der Waals surface area (Å²) >= 11 is 0. The minimum absolute atomic E-state index is 0.0267. The maximum absolute atomic E-state index is 15.3. The monoisotopic (exact) mass is 512 g/mol. The van der Waals surface area contributed by atoms with Crippen LogP contribution in [0.3, 0.4) is 0 Å². The van der Waals surface area contributed by atoms with E-state index in [4.69, 9.17) is 4.42 Å². The third-order valence-corrected chi connectivity index (χ3v) is 6.59. The van der Waals surface area contributed by atoms with Gasteiger partial charge in [0.15, 0.2) is 5.76 Å². The normalized spacial score (nSPS) is 14.7. The summed E-state index contributed by atoms with van der Waals surface area (Å²) in [7, 11) is 0. The number of aliphatic carboxylic acids is 1. The highest BCUT2D eigenvalue weighted by molar-refractivity contribution is 5.99. The van der Waals surface area contributed by atoms with E-state index in [0.29, 0.717) is 43.9 Å². The van der Waals surface area contributed by atoms with Crippen molar-refractivity contribution < 1.29 is 28.3 Å². The van der Waals surface area contributed by atoms with Crippen LogP contribution >= 0.6 is 0 Å². The summed E-state index contributed by atoms with van der Waals surface area (Å²) in [6.45, 7) is 7.02. The summed E-state index contributed by atoms with van der Waals surface area (Å²) in [5, 5.41) is 11.8. The maximum Gasteiger partial charge on any atom is 0.326 e. The van der Waals surface area contributed by atoms with Crippen LogP contribution in [0.25, 0.3) is 10.9 Å². The summed E-state index contributed by atoms with van der Waals surface area (Å²) < 4.78 is 22.1. The quantitative estimate of drug-likeness (QED) is 0.498. The van der Waals surface area contributed by atoms with Crippen molar-refractivity contribution in [2.75, 3.05) is 31.1 Å². The Morgan fingerprint density at radius 3 is 2.43 bits per heavy atom. The molecule has 1 aliphatic rings. The lowest BCUT2D eigenvalue weighted by Gasteiger charge is -2.36. The van der Waals surface area contributed by atoms with Crippen molar-refractivity contribution in [3.8, 4) is 0 Å². The van der Waals surface area contributed by atoms with E-state index >= 15 is 4.39 Å². The molecule has 1 aliphatic heterocycles. The molecule has 2 amide bonds. The number of hydrogen-bond acceptors (Lipinski definition) is 6. The molecule has 37 heavy (non-hydrogen) atoms. The number of carboxylic acid groups (broad SMARTS) is 1. The van der Waals surface area contributed by atoms with Gasteiger partial charge in [-0.15, -0.1) is 0 Å². The number of amides is 2. The second kappa shape index (κ2) is 10.5. The molecule has 3 heterocycles. The number of benzene rings is 1. The third-order valence-electron chi connectivity index (χ3n) is 6.59. The van der Waals surface area contributed by atoms with Gasteiger partial charge in [0.25, 0.3) is 11.8 Å². The van der Waals surface area contributed by atoms with Gasteiger partial charge >= 0.3 is 5.97 Å². The second-order valence-corrected chi connectivity index (χ2v) is 9.27. The van der Waals surface area contributed by atoms with Gasteiger partial charge in [0.05, 0.1) is 17.5 Å². The highest BCUT2D eigenvalue weighted by Gasteiger charge is 2.28. The lowest BCUT2D eigenvalue weighted by molar-refractivity contribution is -0.140. The van der Waals surface area contributed by atoms with Gasteiger partial charge in [-0.3, -0.25) is 14.4 Å². The number of rotatable bonds is 7. The van der Waals surface area contributed by atoms with Gasteiger partial charge in [-0.05, 0) is 37.1 Å². The van der Waals surface area contributed by atoms with E-state index in [1.54, 1.807) is 41.5 Å². The van der Waals surface area contributed by atoms with Crippen LogP contribution < -0.4 is 15.6 Å². The number of nitrogens with one attached hydrogen (secondary N) is 1. The molecule has 0 saturated carbocycles. The fraction of sp³-hybridized carbons (Fsp3) is 0.385. The number of hydrogen-bond donors (Lipinski definition) is 2. The summed E-state index contributed by atoms with van der Waals surface area (Å²) in [5.74, 6) is -3.03. The lowest BCUT2D eigenvalue weighted by Crippen LogP contribution is -2.49. The summed E-state index contributed by atoms with van der Waals surface area (Å²) in [6.07, 6.45) is 2.81. The first-order chi connectivity index (χ1) is 17.6. The van der Waals surface area contributed by atoms with E-state index in [1.165, 1.54) is 12.5 Å². The average molecular weight is 513 g/mol. The summed E-state index contributed by atoms with van der Waals surface area (Å²) in [6, 6.07) is 4.77.